The molecule has 170 valence electrons. The fraction of sp³-hybridized carbons (Fsp3) is 0.391. The molecule has 2 amide bonds. The number of alkyl halides is 3. The first-order valence-electron chi connectivity index (χ1n) is 10.3. The Labute approximate surface area is 182 Å². The second-order valence-electron chi connectivity index (χ2n) is 8.05. The lowest BCUT2D eigenvalue weighted by Crippen LogP contribution is -2.35. The Morgan fingerprint density at radius 3 is 2.06 bits per heavy atom. The molecule has 0 radical (unpaired) electrons. The van der Waals surface area contributed by atoms with E-state index >= 15 is 0 Å². The highest BCUT2D eigenvalue weighted by atomic mass is 19.4. The molecule has 2 aliphatic rings. The molecule has 2 aliphatic heterocycles. The van der Waals surface area contributed by atoms with Crippen LogP contribution in [0.15, 0.2) is 48.5 Å². The molecule has 0 saturated carbocycles. The van der Waals surface area contributed by atoms with Crippen LogP contribution in [0, 0.1) is 5.92 Å². The molecule has 4 atom stereocenters. The predicted octanol–water partition coefficient (Wildman–Crippen LogP) is 3.02. The monoisotopic (exact) mass is 449 g/mol. The predicted molar refractivity (Wildman–Crippen MR) is 107 cm³/mol. The van der Waals surface area contributed by atoms with Gasteiger partial charge in [-0.15, -0.1) is 0 Å². The Morgan fingerprint density at radius 1 is 0.906 bits per heavy atom. The average molecular weight is 449 g/mol. The van der Waals surface area contributed by atoms with Crippen LogP contribution in [-0.4, -0.2) is 52.0 Å². The summed E-state index contributed by atoms with van der Waals surface area (Å²) in [5.41, 5.74) is 0.596. The number of amides is 2. The van der Waals surface area contributed by atoms with Gasteiger partial charge in [0.25, 0.3) is 11.8 Å². The van der Waals surface area contributed by atoms with Gasteiger partial charge in [-0.2, -0.15) is 13.2 Å². The van der Waals surface area contributed by atoms with Crippen molar-refractivity contribution in [1.82, 2.24) is 4.90 Å². The maximum Gasteiger partial charge on any atom is 0.416 e. The van der Waals surface area contributed by atoms with E-state index in [0.29, 0.717) is 29.5 Å². The highest BCUT2D eigenvalue weighted by Crippen LogP contribution is 2.34. The zero-order valence-electron chi connectivity index (χ0n) is 17.0. The molecule has 0 aromatic heterocycles. The van der Waals surface area contributed by atoms with Crippen molar-refractivity contribution in [3.8, 4) is 0 Å². The molecular formula is C23H22F3NO5. The zero-order chi connectivity index (χ0) is 23.0. The summed E-state index contributed by atoms with van der Waals surface area (Å²) < 4.78 is 43.6. The third-order valence-electron chi connectivity index (χ3n) is 6.09. The van der Waals surface area contributed by atoms with Gasteiger partial charge >= 0.3 is 6.18 Å². The number of benzene rings is 2. The fourth-order valence-corrected chi connectivity index (χ4v) is 4.32. The Bertz CT molecular complexity index is 972. The Kier molecular flexibility index (Phi) is 6.07. The summed E-state index contributed by atoms with van der Waals surface area (Å²) in [7, 11) is 0. The average Bonchev–Trinajstić information content (AvgIpc) is 3.17. The van der Waals surface area contributed by atoms with Crippen LogP contribution in [0.4, 0.5) is 13.2 Å². The molecule has 32 heavy (non-hydrogen) atoms. The van der Waals surface area contributed by atoms with Crippen molar-refractivity contribution in [3.63, 3.8) is 0 Å². The molecule has 4 rings (SSSR count). The number of imide groups is 1. The molecule has 0 aliphatic carbocycles. The molecular weight excluding hydrogens is 427 g/mol. The summed E-state index contributed by atoms with van der Waals surface area (Å²) in [5.74, 6) is -1.34. The Hall–Kier alpha value is -2.75. The number of nitrogens with zero attached hydrogens (tertiary/aromatic N) is 1. The summed E-state index contributed by atoms with van der Waals surface area (Å²) in [5, 5.41) is 20.3. The van der Waals surface area contributed by atoms with Gasteiger partial charge < -0.3 is 14.9 Å². The molecule has 0 bridgehead atoms. The minimum Gasteiger partial charge on any atom is -0.387 e. The lowest BCUT2D eigenvalue weighted by atomic mass is 9.90. The first kappa shape index (κ1) is 22.4. The highest BCUT2D eigenvalue weighted by molar-refractivity contribution is 6.21. The summed E-state index contributed by atoms with van der Waals surface area (Å²) in [4.78, 5) is 26.2. The minimum absolute atomic E-state index is 0.0565. The van der Waals surface area contributed by atoms with Crippen LogP contribution in [0.5, 0.6) is 0 Å². The largest absolute Gasteiger partial charge is 0.416 e. The van der Waals surface area contributed by atoms with E-state index < -0.39 is 48.0 Å². The van der Waals surface area contributed by atoms with Gasteiger partial charge in [0.2, 0.25) is 0 Å². The Balaban J connectivity index is 1.38. The van der Waals surface area contributed by atoms with Crippen LogP contribution >= 0.6 is 0 Å². The molecule has 0 spiro atoms. The normalized spacial score (nSPS) is 25.5. The first-order valence-corrected chi connectivity index (χ1v) is 10.3. The van der Waals surface area contributed by atoms with Gasteiger partial charge in [0.15, 0.2) is 6.29 Å². The van der Waals surface area contributed by atoms with E-state index in [1.807, 2.05) is 0 Å². The Morgan fingerprint density at radius 2 is 1.50 bits per heavy atom. The van der Waals surface area contributed by atoms with E-state index in [1.54, 1.807) is 24.3 Å². The van der Waals surface area contributed by atoms with Crippen molar-refractivity contribution in [3.05, 3.63) is 70.8 Å². The standard InChI is InChI=1S/C23H22F3NO5/c24-23(25,26)14-8-5-13(6-9-14)7-10-18-17(19(28)22(31)32-18)11-12-27-20(29)15-3-1-2-4-16(15)21(27)30/h1-6,8-9,17-19,22,28,31H,7,10-12H2/t17-,18+,19-,22+/m0/s1. The third kappa shape index (κ3) is 4.28. The van der Waals surface area contributed by atoms with Crippen molar-refractivity contribution >= 4 is 11.8 Å². The van der Waals surface area contributed by atoms with Crippen molar-refractivity contribution in [2.45, 2.75) is 43.9 Å². The smallest absolute Gasteiger partial charge is 0.387 e. The number of carbonyl (C=O) groups excluding carboxylic acids is 2. The number of aliphatic hydroxyl groups is 2. The van der Waals surface area contributed by atoms with Crippen molar-refractivity contribution < 1.29 is 37.7 Å². The SMILES string of the molecule is O=C1c2ccccc2C(=O)N1CC[C@@H]1[C@H](O)[C@H](O)O[C@@H]1CCc1ccc(C(F)(F)F)cc1. The van der Waals surface area contributed by atoms with Crippen LogP contribution in [0.25, 0.3) is 0 Å². The lowest BCUT2D eigenvalue weighted by molar-refractivity contribution is -0.137. The van der Waals surface area contributed by atoms with Crippen molar-refractivity contribution in [1.29, 1.82) is 0 Å². The molecule has 1 fully saturated rings. The molecule has 2 aromatic rings. The van der Waals surface area contributed by atoms with Gasteiger partial charge in [-0.25, -0.2) is 0 Å². The van der Waals surface area contributed by atoms with Crippen LogP contribution < -0.4 is 0 Å². The van der Waals surface area contributed by atoms with Crippen LogP contribution in [0.3, 0.4) is 0 Å². The zero-order valence-corrected chi connectivity index (χ0v) is 17.0. The first-order chi connectivity index (χ1) is 15.2. The summed E-state index contributed by atoms with van der Waals surface area (Å²) in [6, 6.07) is 11.3. The van der Waals surface area contributed by atoms with Crippen LogP contribution in [0.2, 0.25) is 0 Å². The maximum absolute atomic E-state index is 12.7. The highest BCUT2D eigenvalue weighted by Gasteiger charge is 2.43. The van der Waals surface area contributed by atoms with E-state index in [0.717, 1.165) is 17.0 Å². The van der Waals surface area contributed by atoms with Gasteiger partial charge in [-0.1, -0.05) is 24.3 Å². The van der Waals surface area contributed by atoms with Crippen molar-refractivity contribution in [2.24, 2.45) is 5.92 Å². The number of carbonyl (C=O) groups is 2. The second-order valence-corrected chi connectivity index (χ2v) is 8.05. The van der Waals surface area contributed by atoms with E-state index in [1.165, 1.54) is 12.1 Å². The fourth-order valence-electron chi connectivity index (χ4n) is 4.32. The number of hydrogen-bond acceptors (Lipinski definition) is 5. The topological polar surface area (TPSA) is 87.1 Å². The third-order valence-corrected chi connectivity index (χ3v) is 6.09. The molecule has 6 nitrogen and oxygen atoms in total. The number of fused-ring (bicyclic) bond motifs is 1. The second kappa shape index (κ2) is 8.65. The molecule has 2 heterocycles. The molecule has 9 heteroatoms. The van der Waals surface area contributed by atoms with E-state index in [4.69, 9.17) is 4.74 Å². The summed E-state index contributed by atoms with van der Waals surface area (Å²) >= 11 is 0. The van der Waals surface area contributed by atoms with E-state index in [9.17, 15) is 33.0 Å². The van der Waals surface area contributed by atoms with Gasteiger partial charge in [-0.05, 0) is 49.1 Å². The van der Waals surface area contributed by atoms with Gasteiger partial charge in [0.05, 0.1) is 22.8 Å². The number of aryl methyl sites for hydroxylation is 1. The maximum atomic E-state index is 12.7. The number of halogens is 3. The van der Waals surface area contributed by atoms with Crippen LogP contribution in [0.1, 0.15) is 44.7 Å². The molecule has 2 N–H and O–H groups in total. The minimum atomic E-state index is -4.41. The summed E-state index contributed by atoms with van der Waals surface area (Å²) in [6.45, 7) is 0.0565. The molecule has 2 aromatic carbocycles. The van der Waals surface area contributed by atoms with Crippen molar-refractivity contribution in [2.75, 3.05) is 6.54 Å². The molecule has 0 unspecified atom stereocenters. The molecule has 1 saturated heterocycles. The number of rotatable bonds is 6. The lowest BCUT2D eigenvalue weighted by Gasteiger charge is -2.22. The van der Waals surface area contributed by atoms with Crippen LogP contribution in [-0.2, 0) is 17.3 Å². The summed E-state index contributed by atoms with van der Waals surface area (Å²) in [6.07, 6.45) is -6.62. The number of hydrogen-bond donors (Lipinski definition) is 2. The van der Waals surface area contributed by atoms with Gasteiger partial charge in [0.1, 0.15) is 6.10 Å². The number of aliphatic hydroxyl groups excluding tert-OH is 2. The van der Waals surface area contributed by atoms with E-state index in [2.05, 4.69) is 0 Å². The number of ether oxygens (including phenoxy) is 1. The van der Waals surface area contributed by atoms with Gasteiger partial charge in [-0.3, -0.25) is 14.5 Å². The van der Waals surface area contributed by atoms with Gasteiger partial charge in [0, 0.05) is 12.5 Å². The quantitative estimate of drug-likeness (QED) is 0.663. The van der Waals surface area contributed by atoms with E-state index in [-0.39, 0.29) is 13.0 Å².